The number of hydrogen-bond acceptors (Lipinski definition) is 3. The van der Waals surface area contributed by atoms with Crippen molar-refractivity contribution >= 4 is 22.0 Å². The van der Waals surface area contributed by atoms with Crippen molar-refractivity contribution in [2.75, 3.05) is 26.2 Å². The van der Waals surface area contributed by atoms with Gasteiger partial charge in [-0.05, 0) is 48.0 Å². The molecular weight excluding hydrogens is 374 g/mol. The fourth-order valence-electron chi connectivity index (χ4n) is 2.79. The number of benzene rings is 2. The Labute approximate surface area is 156 Å². The van der Waals surface area contributed by atoms with E-state index in [-0.39, 0.29) is 42.8 Å². The Bertz CT molecular complexity index is 951. The number of amides is 1. The van der Waals surface area contributed by atoms with Gasteiger partial charge in [-0.15, -0.1) is 0 Å². The molecular formula is C19H18F2N2O3S. The molecule has 0 radical (unpaired) electrons. The minimum absolute atomic E-state index is 0.0228. The van der Waals surface area contributed by atoms with Gasteiger partial charge in [-0.25, -0.2) is 17.2 Å². The maximum absolute atomic E-state index is 13.2. The number of carbonyl (C=O) groups is 1. The Morgan fingerprint density at radius 1 is 0.926 bits per heavy atom. The van der Waals surface area contributed by atoms with Gasteiger partial charge < -0.3 is 4.90 Å². The van der Waals surface area contributed by atoms with Crippen molar-refractivity contribution < 1.29 is 22.0 Å². The Balaban J connectivity index is 1.61. The first-order valence-corrected chi connectivity index (χ1v) is 9.78. The second kappa shape index (κ2) is 7.98. The van der Waals surface area contributed by atoms with Crippen LogP contribution in [0.3, 0.4) is 0 Å². The van der Waals surface area contributed by atoms with E-state index in [1.54, 1.807) is 12.1 Å². The van der Waals surface area contributed by atoms with Gasteiger partial charge in [-0.2, -0.15) is 4.31 Å². The quantitative estimate of drug-likeness (QED) is 0.752. The largest absolute Gasteiger partial charge is 0.337 e. The first-order chi connectivity index (χ1) is 12.9. The van der Waals surface area contributed by atoms with Gasteiger partial charge in [-0.3, -0.25) is 4.79 Å². The molecule has 8 heteroatoms. The van der Waals surface area contributed by atoms with Crippen LogP contribution in [-0.2, 0) is 14.8 Å². The minimum atomic E-state index is -3.72. The molecule has 1 aliphatic rings. The third kappa shape index (κ3) is 4.58. The van der Waals surface area contributed by atoms with Gasteiger partial charge in [0.15, 0.2) is 0 Å². The van der Waals surface area contributed by atoms with E-state index in [2.05, 4.69) is 0 Å². The molecule has 0 bridgehead atoms. The number of nitrogens with zero attached hydrogens (tertiary/aromatic N) is 2. The highest BCUT2D eigenvalue weighted by atomic mass is 32.2. The van der Waals surface area contributed by atoms with E-state index in [0.29, 0.717) is 5.56 Å². The summed E-state index contributed by atoms with van der Waals surface area (Å²) in [5, 5.41) is 0. The average Bonchev–Trinajstić information content (AvgIpc) is 2.66. The highest BCUT2D eigenvalue weighted by Crippen LogP contribution is 2.18. The van der Waals surface area contributed by atoms with Crippen LogP contribution in [0.15, 0.2) is 59.5 Å². The lowest BCUT2D eigenvalue weighted by Crippen LogP contribution is -2.50. The third-order valence-corrected chi connectivity index (χ3v) is 6.18. The lowest BCUT2D eigenvalue weighted by atomic mass is 10.2. The van der Waals surface area contributed by atoms with Gasteiger partial charge in [0.25, 0.3) is 0 Å². The smallest absolute Gasteiger partial charge is 0.246 e. The fraction of sp³-hybridized carbons (Fsp3) is 0.211. The first-order valence-electron chi connectivity index (χ1n) is 8.34. The predicted molar refractivity (Wildman–Crippen MR) is 97.2 cm³/mol. The number of hydrogen-bond donors (Lipinski definition) is 0. The van der Waals surface area contributed by atoms with E-state index in [9.17, 15) is 22.0 Å². The van der Waals surface area contributed by atoms with Crippen LogP contribution in [0.25, 0.3) is 6.08 Å². The van der Waals surface area contributed by atoms with Gasteiger partial charge in [0.1, 0.15) is 11.6 Å². The van der Waals surface area contributed by atoms with Crippen molar-refractivity contribution in [3.63, 3.8) is 0 Å². The molecule has 27 heavy (non-hydrogen) atoms. The van der Waals surface area contributed by atoms with Gasteiger partial charge in [-0.1, -0.05) is 12.1 Å². The van der Waals surface area contributed by atoms with Crippen LogP contribution in [0.5, 0.6) is 0 Å². The lowest BCUT2D eigenvalue weighted by Gasteiger charge is -2.33. The maximum Gasteiger partial charge on any atom is 0.246 e. The molecule has 0 saturated carbocycles. The number of rotatable bonds is 4. The summed E-state index contributed by atoms with van der Waals surface area (Å²) in [6.07, 6.45) is 2.87. The van der Waals surface area contributed by atoms with Gasteiger partial charge >= 0.3 is 0 Å². The second-order valence-electron chi connectivity index (χ2n) is 6.07. The van der Waals surface area contributed by atoms with Crippen molar-refractivity contribution in [1.82, 2.24) is 9.21 Å². The number of piperazine rings is 1. The van der Waals surface area contributed by atoms with Crippen molar-refractivity contribution in [3.05, 3.63) is 71.8 Å². The van der Waals surface area contributed by atoms with Crippen LogP contribution in [0, 0.1) is 11.6 Å². The Morgan fingerprint density at radius 2 is 1.59 bits per heavy atom. The molecule has 1 saturated heterocycles. The fourth-order valence-corrected chi connectivity index (χ4v) is 4.21. The van der Waals surface area contributed by atoms with Crippen LogP contribution in [0.2, 0.25) is 0 Å². The number of sulfonamides is 1. The normalized spacial score (nSPS) is 16.0. The molecule has 0 unspecified atom stereocenters. The van der Waals surface area contributed by atoms with Crippen LogP contribution in [0.1, 0.15) is 5.56 Å². The molecule has 0 atom stereocenters. The van der Waals surface area contributed by atoms with Gasteiger partial charge in [0.05, 0.1) is 4.90 Å². The summed E-state index contributed by atoms with van der Waals surface area (Å²) in [7, 11) is -3.72. The second-order valence-corrected chi connectivity index (χ2v) is 8.01. The molecule has 0 spiro atoms. The summed E-state index contributed by atoms with van der Waals surface area (Å²) in [5.74, 6) is -1.16. The Morgan fingerprint density at radius 3 is 2.22 bits per heavy atom. The molecule has 3 rings (SSSR count). The highest BCUT2D eigenvalue weighted by Gasteiger charge is 2.29. The Kier molecular flexibility index (Phi) is 5.67. The van der Waals surface area contributed by atoms with Gasteiger partial charge in [0.2, 0.25) is 15.9 Å². The molecule has 1 fully saturated rings. The molecule has 5 nitrogen and oxygen atoms in total. The lowest BCUT2D eigenvalue weighted by molar-refractivity contribution is -0.127. The number of halogens is 2. The van der Waals surface area contributed by atoms with Crippen LogP contribution < -0.4 is 0 Å². The van der Waals surface area contributed by atoms with E-state index >= 15 is 0 Å². The summed E-state index contributed by atoms with van der Waals surface area (Å²) >= 11 is 0. The highest BCUT2D eigenvalue weighted by molar-refractivity contribution is 7.89. The molecule has 2 aromatic rings. The molecule has 142 valence electrons. The molecule has 0 aromatic heterocycles. The monoisotopic (exact) mass is 392 g/mol. The summed E-state index contributed by atoms with van der Waals surface area (Å²) in [5.41, 5.74) is 0.570. The SMILES string of the molecule is O=C(/C=C/c1cccc(F)c1)N1CCN(S(=O)(=O)c2ccc(F)cc2)CC1. The number of carbonyl (C=O) groups excluding carboxylic acids is 1. The minimum Gasteiger partial charge on any atom is -0.337 e. The zero-order valence-corrected chi connectivity index (χ0v) is 15.2. The van der Waals surface area contributed by atoms with Gasteiger partial charge in [0, 0.05) is 32.3 Å². The Hall–Kier alpha value is -2.58. The van der Waals surface area contributed by atoms with E-state index in [4.69, 9.17) is 0 Å². The molecule has 1 amide bonds. The van der Waals surface area contributed by atoms with Crippen LogP contribution >= 0.6 is 0 Å². The molecule has 0 aliphatic carbocycles. The van der Waals surface area contributed by atoms with E-state index in [1.165, 1.54) is 45.6 Å². The topological polar surface area (TPSA) is 57.7 Å². The van der Waals surface area contributed by atoms with Crippen LogP contribution in [0.4, 0.5) is 8.78 Å². The summed E-state index contributed by atoms with van der Waals surface area (Å²) < 4.78 is 52.6. The van der Waals surface area contributed by atoms with Crippen LogP contribution in [-0.4, -0.2) is 49.7 Å². The first kappa shape index (κ1) is 19.2. The zero-order valence-electron chi connectivity index (χ0n) is 14.4. The van der Waals surface area contributed by atoms with Crippen molar-refractivity contribution in [2.45, 2.75) is 4.90 Å². The molecule has 1 aliphatic heterocycles. The maximum atomic E-state index is 13.2. The molecule has 0 N–H and O–H groups in total. The standard InChI is InChI=1S/C19H18F2N2O3S/c20-16-5-7-18(8-6-16)27(25,26)23-12-10-22(11-13-23)19(24)9-4-15-2-1-3-17(21)14-15/h1-9,14H,10-13H2/b9-4+. The summed E-state index contributed by atoms with van der Waals surface area (Å²) in [6, 6.07) is 10.5. The summed E-state index contributed by atoms with van der Waals surface area (Å²) in [6.45, 7) is 0.790. The molecule has 2 aromatic carbocycles. The molecule has 1 heterocycles. The summed E-state index contributed by atoms with van der Waals surface area (Å²) in [4.78, 5) is 13.8. The van der Waals surface area contributed by atoms with Crippen molar-refractivity contribution in [3.8, 4) is 0 Å². The third-order valence-electron chi connectivity index (χ3n) is 4.27. The zero-order chi connectivity index (χ0) is 19.4. The predicted octanol–water partition coefficient (Wildman–Crippen LogP) is 2.51. The van der Waals surface area contributed by atoms with Crippen molar-refractivity contribution in [2.24, 2.45) is 0 Å². The van der Waals surface area contributed by atoms with E-state index in [1.807, 2.05) is 0 Å². The average molecular weight is 392 g/mol. The van der Waals surface area contributed by atoms with E-state index < -0.39 is 15.8 Å². The van der Waals surface area contributed by atoms with E-state index in [0.717, 1.165) is 12.1 Å². The van der Waals surface area contributed by atoms with Crippen molar-refractivity contribution in [1.29, 1.82) is 0 Å².